The number of sulfone groups is 1. The highest BCUT2D eigenvalue weighted by Gasteiger charge is 2.27. The van der Waals surface area contributed by atoms with Crippen LogP contribution in [0.4, 0.5) is 0 Å². The van der Waals surface area contributed by atoms with Gasteiger partial charge >= 0.3 is 0 Å². The molecule has 1 heterocycles. The maximum Gasteiger partial charge on any atom is 0.235 e. The third-order valence-corrected chi connectivity index (χ3v) is 5.21. The van der Waals surface area contributed by atoms with Gasteiger partial charge in [-0.1, -0.05) is 0 Å². The molecular weight excluding hydrogens is 230 g/mol. The van der Waals surface area contributed by atoms with Crippen molar-refractivity contribution in [3.63, 3.8) is 0 Å². The predicted octanol–water partition coefficient (Wildman–Crippen LogP) is 0.0917. The summed E-state index contributed by atoms with van der Waals surface area (Å²) in [5.41, 5.74) is 4.99. The normalized spacial score (nSPS) is 20.6. The monoisotopic (exact) mass is 249 g/mol. The summed E-state index contributed by atoms with van der Waals surface area (Å²) in [6.45, 7) is 2.76. The molecule has 1 atom stereocenters. The van der Waals surface area contributed by atoms with E-state index in [2.05, 4.69) is 0 Å². The van der Waals surface area contributed by atoms with Gasteiger partial charge in [-0.05, 0) is 32.1 Å². The number of nitrogens with two attached hydrogens (primary N) is 1. The Balaban J connectivity index is 2.44. The first-order valence-corrected chi connectivity index (χ1v) is 7.23. The number of carbonyl (C=O) groups is 1. The summed E-state index contributed by atoms with van der Waals surface area (Å²) in [5.74, 6) is -0.336. The molecule has 0 radical (unpaired) electrons. The minimum absolute atomic E-state index is 0.0434. The highest BCUT2D eigenvalue weighted by molar-refractivity contribution is 7.92. The van der Waals surface area contributed by atoms with Gasteiger partial charge in [-0.15, -0.1) is 0 Å². The number of hydrogen-bond acceptors (Lipinski definition) is 4. The van der Waals surface area contributed by atoms with Crippen molar-refractivity contribution in [2.24, 2.45) is 11.7 Å². The van der Waals surface area contributed by atoms with Crippen molar-refractivity contribution in [2.45, 2.75) is 31.4 Å². The molecule has 16 heavy (non-hydrogen) atoms. The summed E-state index contributed by atoms with van der Waals surface area (Å²) in [5, 5.41) is -1.08. The Morgan fingerprint density at radius 2 is 2.00 bits per heavy atom. The van der Waals surface area contributed by atoms with Crippen LogP contribution in [-0.4, -0.2) is 38.5 Å². The van der Waals surface area contributed by atoms with Crippen LogP contribution in [0.5, 0.6) is 0 Å². The maximum absolute atomic E-state index is 11.7. The van der Waals surface area contributed by atoms with Crippen molar-refractivity contribution in [1.82, 2.24) is 0 Å². The Labute approximate surface area is 96.3 Å². The molecule has 1 fully saturated rings. The molecule has 0 aromatic carbocycles. The minimum Gasteiger partial charge on any atom is -0.381 e. The number of amides is 1. The Kier molecular flexibility index (Phi) is 4.73. The van der Waals surface area contributed by atoms with Crippen LogP contribution in [0.3, 0.4) is 0 Å². The zero-order valence-electron chi connectivity index (χ0n) is 9.52. The Morgan fingerprint density at radius 1 is 1.44 bits per heavy atom. The fourth-order valence-electron chi connectivity index (χ4n) is 1.72. The number of hydrogen-bond donors (Lipinski definition) is 1. The number of carbonyl (C=O) groups excluding carboxylic acids is 1. The van der Waals surface area contributed by atoms with Gasteiger partial charge in [-0.3, -0.25) is 4.79 Å². The molecular formula is C10H19NO4S. The second kappa shape index (κ2) is 5.63. The van der Waals surface area contributed by atoms with Gasteiger partial charge in [0.15, 0.2) is 9.84 Å². The van der Waals surface area contributed by atoms with E-state index in [1.165, 1.54) is 6.92 Å². The highest BCUT2D eigenvalue weighted by atomic mass is 32.2. The summed E-state index contributed by atoms with van der Waals surface area (Å²) >= 11 is 0. The van der Waals surface area contributed by atoms with E-state index in [0.29, 0.717) is 25.6 Å². The van der Waals surface area contributed by atoms with Gasteiger partial charge in [-0.25, -0.2) is 8.42 Å². The lowest BCUT2D eigenvalue weighted by molar-refractivity contribution is -0.117. The van der Waals surface area contributed by atoms with Crippen molar-refractivity contribution in [3.05, 3.63) is 0 Å². The van der Waals surface area contributed by atoms with E-state index in [-0.39, 0.29) is 5.75 Å². The molecule has 1 aliphatic rings. The van der Waals surface area contributed by atoms with Gasteiger partial charge in [0.05, 0.1) is 5.75 Å². The highest BCUT2D eigenvalue weighted by Crippen LogP contribution is 2.20. The van der Waals surface area contributed by atoms with E-state index in [0.717, 1.165) is 12.8 Å². The van der Waals surface area contributed by atoms with Crippen LogP contribution in [0.25, 0.3) is 0 Å². The fraction of sp³-hybridized carbons (Fsp3) is 0.900. The van der Waals surface area contributed by atoms with Crippen LogP contribution in [0.1, 0.15) is 26.2 Å². The zero-order valence-corrected chi connectivity index (χ0v) is 10.3. The topological polar surface area (TPSA) is 86.5 Å². The molecule has 0 bridgehead atoms. The van der Waals surface area contributed by atoms with Gasteiger partial charge in [0.1, 0.15) is 5.25 Å². The second-order valence-electron chi connectivity index (χ2n) is 4.26. The van der Waals surface area contributed by atoms with Gasteiger partial charge in [0.2, 0.25) is 5.91 Å². The Hall–Kier alpha value is -0.620. The standard InChI is InChI=1S/C10H19NO4S/c1-8(10(11)12)16(13,14)7-4-9-2-5-15-6-3-9/h8-9H,2-7H2,1H3,(H2,11,12). The van der Waals surface area contributed by atoms with E-state index in [4.69, 9.17) is 10.5 Å². The van der Waals surface area contributed by atoms with Gasteiger partial charge < -0.3 is 10.5 Å². The van der Waals surface area contributed by atoms with Gasteiger partial charge in [0, 0.05) is 13.2 Å². The Morgan fingerprint density at radius 3 is 2.50 bits per heavy atom. The lowest BCUT2D eigenvalue weighted by atomic mass is 9.98. The molecule has 0 aromatic heterocycles. The third-order valence-electron chi connectivity index (χ3n) is 3.09. The average molecular weight is 249 g/mol. The SMILES string of the molecule is CC(C(N)=O)S(=O)(=O)CCC1CCOCC1. The van der Waals surface area contributed by atoms with Crippen LogP contribution in [-0.2, 0) is 19.4 Å². The molecule has 0 spiro atoms. The maximum atomic E-state index is 11.7. The van der Waals surface area contributed by atoms with Crippen LogP contribution in [0, 0.1) is 5.92 Å². The van der Waals surface area contributed by atoms with Crippen molar-refractivity contribution in [1.29, 1.82) is 0 Å². The molecule has 94 valence electrons. The minimum atomic E-state index is -3.37. The summed E-state index contributed by atoms with van der Waals surface area (Å²) in [6, 6.07) is 0. The first-order chi connectivity index (χ1) is 7.43. The first-order valence-electron chi connectivity index (χ1n) is 5.52. The van der Waals surface area contributed by atoms with Crippen molar-refractivity contribution in [3.8, 4) is 0 Å². The number of ether oxygens (including phenoxy) is 1. The van der Waals surface area contributed by atoms with E-state index in [1.54, 1.807) is 0 Å². The van der Waals surface area contributed by atoms with Crippen molar-refractivity contribution < 1.29 is 17.9 Å². The zero-order chi connectivity index (χ0) is 12.2. The third kappa shape index (κ3) is 3.75. The molecule has 0 aromatic rings. The summed E-state index contributed by atoms with van der Waals surface area (Å²) in [6.07, 6.45) is 2.41. The van der Waals surface area contributed by atoms with E-state index in [1.807, 2.05) is 0 Å². The average Bonchev–Trinajstić information content (AvgIpc) is 2.27. The lowest BCUT2D eigenvalue weighted by Gasteiger charge is -2.22. The summed E-state index contributed by atoms with van der Waals surface area (Å²) in [7, 11) is -3.37. The van der Waals surface area contributed by atoms with Crippen LogP contribution >= 0.6 is 0 Å². The summed E-state index contributed by atoms with van der Waals surface area (Å²) < 4.78 is 28.6. The van der Waals surface area contributed by atoms with Crippen LogP contribution < -0.4 is 5.73 Å². The van der Waals surface area contributed by atoms with Crippen molar-refractivity contribution in [2.75, 3.05) is 19.0 Å². The molecule has 1 rings (SSSR count). The fourth-order valence-corrected chi connectivity index (χ4v) is 3.09. The largest absolute Gasteiger partial charge is 0.381 e. The molecule has 1 aliphatic heterocycles. The summed E-state index contributed by atoms with van der Waals surface area (Å²) in [4.78, 5) is 10.8. The molecule has 0 saturated carbocycles. The van der Waals surface area contributed by atoms with Gasteiger partial charge in [-0.2, -0.15) is 0 Å². The van der Waals surface area contributed by atoms with E-state index in [9.17, 15) is 13.2 Å². The second-order valence-corrected chi connectivity index (χ2v) is 6.70. The predicted molar refractivity (Wildman–Crippen MR) is 60.6 cm³/mol. The van der Waals surface area contributed by atoms with Crippen molar-refractivity contribution >= 4 is 15.7 Å². The van der Waals surface area contributed by atoms with Crippen LogP contribution in [0.15, 0.2) is 0 Å². The molecule has 5 nitrogen and oxygen atoms in total. The molecule has 2 N–H and O–H groups in total. The smallest absolute Gasteiger partial charge is 0.235 e. The van der Waals surface area contributed by atoms with Gasteiger partial charge in [0.25, 0.3) is 0 Å². The molecule has 1 unspecified atom stereocenters. The number of rotatable bonds is 5. The van der Waals surface area contributed by atoms with E-state index >= 15 is 0 Å². The Bertz CT molecular complexity index is 333. The number of primary amides is 1. The van der Waals surface area contributed by atoms with Crippen LogP contribution in [0.2, 0.25) is 0 Å². The molecule has 1 amide bonds. The lowest BCUT2D eigenvalue weighted by Crippen LogP contribution is -2.35. The van der Waals surface area contributed by atoms with E-state index < -0.39 is 21.0 Å². The molecule has 6 heteroatoms. The molecule has 1 saturated heterocycles. The quantitative estimate of drug-likeness (QED) is 0.748. The molecule has 0 aliphatic carbocycles. The first kappa shape index (κ1) is 13.4.